The van der Waals surface area contributed by atoms with Crippen LogP contribution >= 0.6 is 0 Å². The van der Waals surface area contributed by atoms with Gasteiger partial charge in [-0.3, -0.25) is 0 Å². The third-order valence-electron chi connectivity index (χ3n) is 3.34. The molecule has 21 heavy (non-hydrogen) atoms. The normalized spacial score (nSPS) is 10.9. The summed E-state index contributed by atoms with van der Waals surface area (Å²) in [5, 5.41) is 11.5. The zero-order valence-corrected chi connectivity index (χ0v) is 13.2. The van der Waals surface area contributed by atoms with Gasteiger partial charge in [0.15, 0.2) is 0 Å². The summed E-state index contributed by atoms with van der Waals surface area (Å²) < 4.78 is 5.87. The Morgan fingerprint density at radius 2 is 1.95 bits per heavy atom. The first-order valence-corrected chi connectivity index (χ1v) is 7.42. The summed E-state index contributed by atoms with van der Waals surface area (Å²) in [5.41, 5.74) is 3.27. The van der Waals surface area contributed by atoms with Crippen LogP contribution in [0, 0.1) is 6.92 Å². The molecule has 4 nitrogen and oxygen atoms in total. The second-order valence-corrected chi connectivity index (χ2v) is 5.42. The van der Waals surface area contributed by atoms with Gasteiger partial charge in [0.2, 0.25) is 5.88 Å². The molecule has 112 valence electrons. The van der Waals surface area contributed by atoms with Gasteiger partial charge >= 0.3 is 0 Å². The molecule has 0 aliphatic heterocycles. The first-order valence-electron chi connectivity index (χ1n) is 7.42. The number of hydrogen-bond acceptors (Lipinski definition) is 4. The predicted octanol–water partition coefficient (Wildman–Crippen LogP) is 3.81. The van der Waals surface area contributed by atoms with Crippen molar-refractivity contribution in [3.05, 3.63) is 47.2 Å². The van der Waals surface area contributed by atoms with Crippen LogP contribution in [0.4, 0.5) is 0 Å². The molecule has 0 saturated heterocycles. The second-order valence-electron chi connectivity index (χ2n) is 5.42. The number of hydrogen-bond donors (Lipinski definition) is 1. The van der Waals surface area contributed by atoms with Crippen LogP contribution in [0.25, 0.3) is 0 Å². The van der Waals surface area contributed by atoms with E-state index in [0.29, 0.717) is 11.8 Å². The summed E-state index contributed by atoms with van der Waals surface area (Å²) in [7, 11) is 0. The smallest absolute Gasteiger partial charge is 0.238 e. The van der Waals surface area contributed by atoms with Crippen LogP contribution < -0.4 is 10.1 Å². The monoisotopic (exact) mass is 285 g/mol. The fourth-order valence-corrected chi connectivity index (χ4v) is 1.95. The third kappa shape index (κ3) is 4.26. The lowest BCUT2D eigenvalue weighted by Crippen LogP contribution is -2.13. The second kappa shape index (κ2) is 7.18. The van der Waals surface area contributed by atoms with Gasteiger partial charge < -0.3 is 10.1 Å². The van der Waals surface area contributed by atoms with Gasteiger partial charge in [0, 0.05) is 12.6 Å². The highest BCUT2D eigenvalue weighted by Gasteiger charge is 2.07. The van der Waals surface area contributed by atoms with E-state index in [4.69, 9.17) is 4.74 Å². The van der Waals surface area contributed by atoms with Crippen molar-refractivity contribution in [2.24, 2.45) is 0 Å². The maximum atomic E-state index is 5.87. The molecule has 1 heterocycles. The number of rotatable bonds is 6. The minimum atomic E-state index is 0.474. The quantitative estimate of drug-likeness (QED) is 0.876. The third-order valence-corrected chi connectivity index (χ3v) is 3.34. The Morgan fingerprint density at radius 1 is 1.14 bits per heavy atom. The zero-order chi connectivity index (χ0) is 15.2. The van der Waals surface area contributed by atoms with E-state index in [1.54, 1.807) is 0 Å². The van der Waals surface area contributed by atoms with Crippen LogP contribution in [0.1, 0.15) is 43.5 Å². The maximum absolute atomic E-state index is 5.87. The topological polar surface area (TPSA) is 47.0 Å². The van der Waals surface area contributed by atoms with Crippen molar-refractivity contribution in [2.45, 2.75) is 40.2 Å². The molecule has 0 aliphatic rings. The fourth-order valence-electron chi connectivity index (χ4n) is 1.95. The highest BCUT2D eigenvalue weighted by molar-refractivity contribution is 5.39. The minimum Gasteiger partial charge on any atom is -0.437 e. The molecule has 0 fully saturated rings. The largest absolute Gasteiger partial charge is 0.437 e. The Hall–Kier alpha value is -1.94. The molecule has 2 rings (SSSR count). The molecule has 1 aromatic heterocycles. The van der Waals surface area contributed by atoms with Crippen LogP contribution in [0.3, 0.4) is 0 Å². The van der Waals surface area contributed by atoms with Crippen LogP contribution in [-0.4, -0.2) is 16.7 Å². The van der Waals surface area contributed by atoms with Gasteiger partial charge in [-0.1, -0.05) is 32.9 Å². The molecule has 0 unspecified atom stereocenters. The molecule has 0 aliphatic carbocycles. The van der Waals surface area contributed by atoms with Crippen molar-refractivity contribution in [2.75, 3.05) is 6.54 Å². The van der Waals surface area contributed by atoms with Crippen LogP contribution in [0.15, 0.2) is 30.3 Å². The highest BCUT2D eigenvalue weighted by Crippen LogP contribution is 2.27. The summed E-state index contributed by atoms with van der Waals surface area (Å²) in [5.74, 6) is 1.84. The first kappa shape index (κ1) is 15.4. The lowest BCUT2D eigenvalue weighted by atomic mass is 10.0. The van der Waals surface area contributed by atoms with E-state index in [-0.39, 0.29) is 0 Å². The number of nitrogens with one attached hydrogen (secondary N) is 1. The van der Waals surface area contributed by atoms with Crippen LogP contribution in [0.5, 0.6) is 11.6 Å². The molecule has 0 saturated carbocycles. The Balaban J connectivity index is 2.12. The average molecular weight is 285 g/mol. The Kier molecular flexibility index (Phi) is 5.28. The lowest BCUT2D eigenvalue weighted by Gasteiger charge is -2.11. The van der Waals surface area contributed by atoms with Gasteiger partial charge in [0.25, 0.3) is 0 Å². The SMILES string of the molecule is CCNCc1ccc(Oc2cc(C(C)C)ccc2C)nn1. The van der Waals surface area contributed by atoms with E-state index in [9.17, 15) is 0 Å². The van der Waals surface area contributed by atoms with E-state index in [1.807, 2.05) is 19.1 Å². The molecule has 4 heteroatoms. The van der Waals surface area contributed by atoms with Crippen molar-refractivity contribution < 1.29 is 4.74 Å². The molecule has 2 aromatic rings. The van der Waals surface area contributed by atoms with Crippen molar-refractivity contribution in [1.29, 1.82) is 0 Å². The van der Waals surface area contributed by atoms with Crippen LogP contribution in [0.2, 0.25) is 0 Å². The molecule has 0 bridgehead atoms. The Bertz CT molecular complexity index is 579. The Labute approximate surface area is 126 Å². The summed E-state index contributed by atoms with van der Waals surface area (Å²) in [6, 6.07) is 10.1. The molecule has 0 spiro atoms. The van der Waals surface area contributed by atoms with E-state index in [2.05, 4.69) is 54.5 Å². The van der Waals surface area contributed by atoms with E-state index in [0.717, 1.165) is 30.1 Å². The fraction of sp³-hybridized carbons (Fsp3) is 0.412. The van der Waals surface area contributed by atoms with Crippen molar-refractivity contribution in [3.63, 3.8) is 0 Å². The van der Waals surface area contributed by atoms with Gasteiger partial charge in [-0.05, 0) is 42.6 Å². The van der Waals surface area contributed by atoms with Crippen molar-refractivity contribution in [3.8, 4) is 11.6 Å². The van der Waals surface area contributed by atoms with Gasteiger partial charge in [-0.25, -0.2) is 0 Å². The molecule has 0 amide bonds. The molecule has 1 aromatic carbocycles. The van der Waals surface area contributed by atoms with E-state index in [1.165, 1.54) is 5.56 Å². The van der Waals surface area contributed by atoms with Crippen molar-refractivity contribution >= 4 is 0 Å². The summed E-state index contributed by atoms with van der Waals surface area (Å²) in [6.07, 6.45) is 0. The maximum Gasteiger partial charge on any atom is 0.238 e. The van der Waals surface area contributed by atoms with E-state index >= 15 is 0 Å². The molecule has 1 N–H and O–H groups in total. The Morgan fingerprint density at radius 3 is 2.57 bits per heavy atom. The lowest BCUT2D eigenvalue weighted by molar-refractivity contribution is 0.449. The first-order chi connectivity index (χ1) is 10.1. The van der Waals surface area contributed by atoms with Gasteiger partial charge in [-0.2, -0.15) is 5.10 Å². The predicted molar refractivity (Wildman–Crippen MR) is 84.8 cm³/mol. The number of ether oxygens (including phenoxy) is 1. The van der Waals surface area contributed by atoms with Crippen LogP contribution in [-0.2, 0) is 6.54 Å². The minimum absolute atomic E-state index is 0.474. The average Bonchev–Trinajstić information content (AvgIpc) is 2.48. The molecular weight excluding hydrogens is 262 g/mol. The summed E-state index contributed by atoms with van der Waals surface area (Å²) >= 11 is 0. The summed E-state index contributed by atoms with van der Waals surface area (Å²) in [4.78, 5) is 0. The van der Waals surface area contributed by atoms with Crippen molar-refractivity contribution in [1.82, 2.24) is 15.5 Å². The summed E-state index contributed by atoms with van der Waals surface area (Å²) in [6.45, 7) is 10.1. The standard InChI is InChI=1S/C17H23N3O/c1-5-18-11-15-8-9-17(20-19-15)21-16-10-14(12(2)3)7-6-13(16)4/h6-10,12,18H,5,11H2,1-4H3. The zero-order valence-electron chi connectivity index (χ0n) is 13.2. The highest BCUT2D eigenvalue weighted by atomic mass is 16.5. The molecular formula is C17H23N3O. The van der Waals surface area contributed by atoms with E-state index < -0.39 is 0 Å². The van der Waals surface area contributed by atoms with Gasteiger partial charge in [-0.15, -0.1) is 5.10 Å². The van der Waals surface area contributed by atoms with Gasteiger partial charge in [0.05, 0.1) is 5.69 Å². The number of benzene rings is 1. The molecule has 0 radical (unpaired) electrons. The number of aromatic nitrogens is 2. The number of aryl methyl sites for hydroxylation is 1. The van der Waals surface area contributed by atoms with Gasteiger partial charge in [0.1, 0.15) is 5.75 Å². The number of nitrogens with zero attached hydrogens (tertiary/aromatic N) is 2. The molecule has 0 atom stereocenters.